The van der Waals surface area contributed by atoms with Crippen LogP contribution in [-0.2, 0) is 12.8 Å². The summed E-state index contributed by atoms with van der Waals surface area (Å²) in [5, 5.41) is 0.695. The summed E-state index contributed by atoms with van der Waals surface area (Å²) in [6, 6.07) is 26.0. The predicted molar refractivity (Wildman–Crippen MR) is 141 cm³/mol. The van der Waals surface area contributed by atoms with Crippen LogP contribution in [0.15, 0.2) is 85.1 Å². The van der Waals surface area contributed by atoms with Gasteiger partial charge in [0.05, 0.1) is 10.2 Å². The number of allylic oxidation sites excluding steroid dienone is 1. The molecule has 0 saturated carbocycles. The number of aromatic nitrogens is 1. The van der Waals surface area contributed by atoms with Gasteiger partial charge in [0.2, 0.25) is 0 Å². The Hall–Kier alpha value is -3.15. The van der Waals surface area contributed by atoms with E-state index in [1.807, 2.05) is 18.2 Å². The van der Waals surface area contributed by atoms with Crippen LogP contribution in [0, 0.1) is 0 Å². The van der Waals surface area contributed by atoms with E-state index in [-0.39, 0.29) is 0 Å². The topological polar surface area (TPSA) is 28.6 Å². The highest BCUT2D eigenvalue weighted by molar-refractivity contribution is 7.20. The largest absolute Gasteiger partial charge is 0.431 e. The molecule has 34 heavy (non-hydrogen) atoms. The normalized spacial score (nSPS) is 16.8. The molecular formula is C29H29N3OS. The van der Waals surface area contributed by atoms with E-state index in [1.54, 1.807) is 11.3 Å². The molecule has 4 aromatic rings. The lowest BCUT2D eigenvalue weighted by Crippen LogP contribution is -2.44. The highest BCUT2D eigenvalue weighted by atomic mass is 32.1. The van der Waals surface area contributed by atoms with Gasteiger partial charge in [0, 0.05) is 43.5 Å². The smallest absolute Gasteiger partial charge is 0.279 e. The van der Waals surface area contributed by atoms with Crippen LogP contribution in [0.5, 0.6) is 10.9 Å². The lowest BCUT2D eigenvalue weighted by atomic mass is 10.0. The highest BCUT2D eigenvalue weighted by Gasteiger charge is 2.31. The second-order valence-electron chi connectivity index (χ2n) is 9.26. The fourth-order valence-electron chi connectivity index (χ4n) is 5.23. The minimum atomic E-state index is 0.575. The number of thiazole rings is 1. The lowest BCUT2D eigenvalue weighted by Gasteiger charge is -2.38. The molecule has 4 nitrogen and oxygen atoms in total. The van der Waals surface area contributed by atoms with Crippen molar-refractivity contribution in [3.63, 3.8) is 0 Å². The highest BCUT2D eigenvalue weighted by Crippen LogP contribution is 2.37. The van der Waals surface area contributed by atoms with Crippen LogP contribution in [0.3, 0.4) is 0 Å². The first-order valence-corrected chi connectivity index (χ1v) is 12.9. The summed E-state index contributed by atoms with van der Waals surface area (Å²) in [6.07, 6.45) is 4.45. The van der Waals surface area contributed by atoms with Gasteiger partial charge in [0.25, 0.3) is 5.19 Å². The maximum absolute atomic E-state index is 5.99. The molecule has 3 aromatic carbocycles. The Morgan fingerprint density at radius 3 is 2.53 bits per heavy atom. The average Bonchev–Trinajstić information content (AvgIpc) is 3.43. The number of benzene rings is 3. The van der Waals surface area contributed by atoms with E-state index in [4.69, 9.17) is 4.74 Å². The molecule has 0 aliphatic carbocycles. The minimum Gasteiger partial charge on any atom is -0.431 e. The van der Waals surface area contributed by atoms with Crippen molar-refractivity contribution in [3.8, 4) is 10.9 Å². The number of hydrogen-bond donors (Lipinski definition) is 0. The van der Waals surface area contributed by atoms with Crippen LogP contribution in [0.2, 0.25) is 0 Å². The van der Waals surface area contributed by atoms with Gasteiger partial charge in [0.1, 0.15) is 5.75 Å². The first kappa shape index (κ1) is 21.4. The molecule has 172 valence electrons. The zero-order valence-corrected chi connectivity index (χ0v) is 20.1. The van der Waals surface area contributed by atoms with Gasteiger partial charge in [-0.3, -0.25) is 0 Å². The van der Waals surface area contributed by atoms with Gasteiger partial charge in [-0.1, -0.05) is 60.4 Å². The number of nitrogens with zero attached hydrogens (tertiary/aromatic N) is 3. The Labute approximate surface area is 205 Å². The SMILES string of the molecule is C=C1Cc2ccccc2N1C1CCN(CCc2ccc(Oc3nc4ccccc4s3)cc2)CC1. The Bertz CT molecular complexity index is 1270. The van der Waals surface area contributed by atoms with E-state index < -0.39 is 0 Å². The van der Waals surface area contributed by atoms with Gasteiger partial charge in [-0.25, -0.2) is 4.98 Å². The summed E-state index contributed by atoms with van der Waals surface area (Å²) in [4.78, 5) is 9.68. The van der Waals surface area contributed by atoms with Crippen molar-refractivity contribution in [1.82, 2.24) is 9.88 Å². The standard InChI is InChI=1S/C29H29N3OS/c1-21-20-23-6-2-4-8-27(23)32(21)24-15-18-31(19-16-24)17-14-22-10-12-25(13-11-22)33-29-30-26-7-3-5-9-28(26)34-29/h2-13,24H,1,14-20H2. The number of likely N-dealkylation sites (tertiary alicyclic amines) is 1. The number of ether oxygens (including phenoxy) is 1. The van der Waals surface area contributed by atoms with Crippen LogP contribution in [-0.4, -0.2) is 35.6 Å². The number of anilines is 1. The van der Waals surface area contributed by atoms with Crippen molar-refractivity contribution in [2.24, 2.45) is 0 Å². The van der Waals surface area contributed by atoms with Gasteiger partial charge in [-0.15, -0.1) is 0 Å². The van der Waals surface area contributed by atoms with Gasteiger partial charge in [-0.05, 0) is 60.7 Å². The fourth-order valence-corrected chi connectivity index (χ4v) is 6.07. The van der Waals surface area contributed by atoms with Crippen LogP contribution >= 0.6 is 11.3 Å². The zero-order valence-electron chi connectivity index (χ0n) is 19.3. The number of fused-ring (bicyclic) bond motifs is 2. The second kappa shape index (κ2) is 9.24. The number of rotatable bonds is 6. The number of hydrogen-bond acceptors (Lipinski definition) is 5. The fraction of sp³-hybridized carbons (Fsp3) is 0.276. The van der Waals surface area contributed by atoms with Crippen molar-refractivity contribution >= 4 is 27.2 Å². The Balaban J connectivity index is 1.00. The average molecular weight is 468 g/mol. The molecule has 1 aromatic heterocycles. The molecule has 0 bridgehead atoms. The predicted octanol–water partition coefficient (Wildman–Crippen LogP) is 6.67. The molecule has 6 rings (SSSR count). The molecule has 2 aliphatic heterocycles. The third kappa shape index (κ3) is 4.33. The molecular weight excluding hydrogens is 438 g/mol. The molecule has 0 spiro atoms. The third-order valence-corrected chi connectivity index (χ3v) is 7.94. The van der Waals surface area contributed by atoms with Gasteiger partial charge < -0.3 is 14.5 Å². The maximum atomic E-state index is 5.99. The van der Waals surface area contributed by atoms with E-state index in [1.165, 1.54) is 35.4 Å². The van der Waals surface area contributed by atoms with Gasteiger partial charge in [-0.2, -0.15) is 0 Å². The summed E-state index contributed by atoms with van der Waals surface area (Å²) in [6.45, 7) is 7.76. The third-order valence-electron chi connectivity index (χ3n) is 7.03. The first-order valence-electron chi connectivity index (χ1n) is 12.1. The number of para-hydroxylation sites is 2. The van der Waals surface area contributed by atoms with Gasteiger partial charge in [0.15, 0.2) is 0 Å². The molecule has 1 fully saturated rings. The molecule has 2 aliphatic rings. The van der Waals surface area contributed by atoms with Crippen molar-refractivity contribution in [2.45, 2.75) is 31.7 Å². The summed E-state index contributed by atoms with van der Waals surface area (Å²) < 4.78 is 7.14. The summed E-state index contributed by atoms with van der Waals surface area (Å²) in [7, 11) is 0. The zero-order chi connectivity index (χ0) is 22.9. The van der Waals surface area contributed by atoms with Crippen molar-refractivity contribution in [1.29, 1.82) is 0 Å². The molecule has 1 saturated heterocycles. The van der Waals surface area contributed by atoms with Crippen LogP contribution < -0.4 is 9.64 Å². The quantitative estimate of drug-likeness (QED) is 0.317. The molecule has 0 N–H and O–H groups in total. The van der Waals surface area contributed by atoms with Crippen LogP contribution in [0.25, 0.3) is 10.2 Å². The van der Waals surface area contributed by atoms with Crippen LogP contribution in [0.1, 0.15) is 24.0 Å². The van der Waals surface area contributed by atoms with Crippen molar-refractivity contribution in [3.05, 3.63) is 96.2 Å². The first-order chi connectivity index (χ1) is 16.7. The molecule has 0 amide bonds. The maximum Gasteiger partial charge on any atom is 0.279 e. The van der Waals surface area contributed by atoms with Crippen molar-refractivity contribution < 1.29 is 4.74 Å². The van der Waals surface area contributed by atoms with Crippen molar-refractivity contribution in [2.75, 3.05) is 24.5 Å². The molecule has 0 radical (unpaired) electrons. The Kier molecular flexibility index (Phi) is 5.81. The van der Waals surface area contributed by atoms with Crippen LogP contribution in [0.4, 0.5) is 5.69 Å². The van der Waals surface area contributed by atoms with E-state index in [2.05, 4.69) is 76.0 Å². The Morgan fingerprint density at radius 2 is 1.71 bits per heavy atom. The number of piperidine rings is 1. The van der Waals surface area contributed by atoms with Gasteiger partial charge >= 0.3 is 0 Å². The summed E-state index contributed by atoms with van der Waals surface area (Å²) in [5.74, 6) is 0.842. The molecule has 0 atom stereocenters. The van der Waals surface area contributed by atoms with E-state index >= 15 is 0 Å². The summed E-state index contributed by atoms with van der Waals surface area (Å²) >= 11 is 1.58. The molecule has 3 heterocycles. The van der Waals surface area contributed by atoms with E-state index in [0.717, 1.165) is 48.4 Å². The second-order valence-corrected chi connectivity index (χ2v) is 10.3. The summed E-state index contributed by atoms with van der Waals surface area (Å²) in [5.41, 5.74) is 6.39. The monoisotopic (exact) mass is 467 g/mol. The van der Waals surface area contributed by atoms with E-state index in [0.29, 0.717) is 11.2 Å². The minimum absolute atomic E-state index is 0.575. The Morgan fingerprint density at radius 1 is 0.941 bits per heavy atom. The van der Waals surface area contributed by atoms with E-state index in [9.17, 15) is 0 Å². The molecule has 5 heteroatoms. The molecule has 0 unspecified atom stereocenters. The lowest BCUT2D eigenvalue weighted by molar-refractivity contribution is 0.214.